The van der Waals surface area contributed by atoms with E-state index in [1.54, 1.807) is 13.8 Å². The minimum atomic E-state index is -2.83. The SMILES string of the molecule is C=CC1(C(=O)N[C@H](C(=O)NC(C)C(=O)N2CCC[C@@H](C(=O)OCC(Cl)(Cl)Cl)N2)C(C)C)CCC(F)(F)CC1. The predicted octanol–water partition coefficient (Wildman–Crippen LogP) is 3.42. The number of hydrazine groups is 1. The van der Waals surface area contributed by atoms with Gasteiger partial charge < -0.3 is 15.4 Å². The Morgan fingerprint density at radius 2 is 1.74 bits per heavy atom. The predicted molar refractivity (Wildman–Crippen MR) is 140 cm³/mol. The van der Waals surface area contributed by atoms with Gasteiger partial charge >= 0.3 is 5.97 Å². The lowest BCUT2D eigenvalue weighted by Gasteiger charge is -2.38. The van der Waals surface area contributed by atoms with Gasteiger partial charge in [-0.25, -0.2) is 14.2 Å². The normalized spacial score (nSPS) is 22.7. The number of hydrogen-bond donors (Lipinski definition) is 3. The number of amides is 3. The summed E-state index contributed by atoms with van der Waals surface area (Å²) in [7, 11) is 0. The standard InChI is InChI=1S/C24H35Cl3F2N4O5/c1-5-22(8-10-23(28,29)11-9-22)21(37)31-17(14(2)3)18(34)30-15(4)19(35)33-12-6-7-16(32-33)20(36)38-13-24(25,26)27/h5,14-17,32H,1,6-13H2,2-4H3,(H,30,34)(H,31,37)/t15?,16-,17-/m0/s1. The van der Waals surface area contributed by atoms with Crippen molar-refractivity contribution in [3.8, 4) is 0 Å². The van der Waals surface area contributed by atoms with Crippen LogP contribution < -0.4 is 16.1 Å². The Balaban J connectivity index is 1.99. The van der Waals surface area contributed by atoms with Crippen LogP contribution in [-0.4, -0.2) is 69.7 Å². The van der Waals surface area contributed by atoms with E-state index in [1.807, 2.05) is 0 Å². The van der Waals surface area contributed by atoms with Gasteiger partial charge in [0.1, 0.15) is 24.7 Å². The molecule has 0 bridgehead atoms. The largest absolute Gasteiger partial charge is 0.460 e. The van der Waals surface area contributed by atoms with E-state index in [0.717, 1.165) is 0 Å². The number of nitrogens with one attached hydrogen (secondary N) is 3. The van der Waals surface area contributed by atoms with E-state index in [2.05, 4.69) is 22.6 Å². The Bertz CT molecular complexity index is 906. The summed E-state index contributed by atoms with van der Waals surface area (Å²) >= 11 is 16.8. The molecule has 0 aromatic rings. The highest BCUT2D eigenvalue weighted by atomic mass is 35.6. The lowest BCUT2D eigenvalue weighted by molar-refractivity contribution is -0.152. The lowest BCUT2D eigenvalue weighted by atomic mass is 9.72. The molecule has 0 aromatic heterocycles. The topological polar surface area (TPSA) is 117 Å². The molecule has 2 rings (SSSR count). The first kappa shape index (κ1) is 32.5. The van der Waals surface area contributed by atoms with Gasteiger partial charge in [-0.3, -0.25) is 24.2 Å². The van der Waals surface area contributed by atoms with Crippen molar-refractivity contribution < 1.29 is 32.7 Å². The highest BCUT2D eigenvalue weighted by Gasteiger charge is 2.47. The molecule has 216 valence electrons. The molecule has 2 aliphatic rings. The summed E-state index contributed by atoms with van der Waals surface area (Å²) in [6.07, 6.45) is 1.19. The molecule has 1 saturated carbocycles. The van der Waals surface area contributed by atoms with Gasteiger partial charge in [-0.2, -0.15) is 0 Å². The molecule has 1 heterocycles. The first-order chi connectivity index (χ1) is 17.5. The smallest absolute Gasteiger partial charge is 0.325 e. The second-order valence-corrected chi connectivity index (χ2v) is 12.7. The van der Waals surface area contributed by atoms with Crippen LogP contribution in [0.2, 0.25) is 0 Å². The number of halogens is 5. The highest BCUT2D eigenvalue weighted by Crippen LogP contribution is 2.44. The van der Waals surface area contributed by atoms with Crippen molar-refractivity contribution in [2.75, 3.05) is 13.2 Å². The summed E-state index contributed by atoms with van der Waals surface area (Å²) in [6.45, 7) is 8.40. The molecule has 1 aliphatic heterocycles. The zero-order chi connectivity index (χ0) is 28.9. The average molecular weight is 604 g/mol. The van der Waals surface area contributed by atoms with Crippen LogP contribution in [0.4, 0.5) is 8.78 Å². The van der Waals surface area contributed by atoms with Crippen molar-refractivity contribution in [2.24, 2.45) is 11.3 Å². The molecule has 0 radical (unpaired) electrons. The average Bonchev–Trinajstić information content (AvgIpc) is 2.84. The van der Waals surface area contributed by atoms with Gasteiger partial charge in [-0.1, -0.05) is 54.7 Å². The van der Waals surface area contributed by atoms with Gasteiger partial charge in [0.25, 0.3) is 5.91 Å². The quantitative estimate of drug-likeness (QED) is 0.211. The summed E-state index contributed by atoms with van der Waals surface area (Å²) in [6, 6.07) is -2.87. The summed E-state index contributed by atoms with van der Waals surface area (Å²) in [4.78, 5) is 51.5. The molecular weight excluding hydrogens is 569 g/mol. The van der Waals surface area contributed by atoms with Crippen molar-refractivity contribution in [1.29, 1.82) is 0 Å². The number of nitrogens with zero attached hydrogens (tertiary/aromatic N) is 1. The third kappa shape index (κ3) is 8.93. The number of esters is 1. The molecule has 1 unspecified atom stereocenters. The molecule has 0 spiro atoms. The van der Waals surface area contributed by atoms with Crippen LogP contribution in [0.25, 0.3) is 0 Å². The molecule has 1 aliphatic carbocycles. The second kappa shape index (κ2) is 13.1. The molecule has 3 N–H and O–H groups in total. The van der Waals surface area contributed by atoms with Gasteiger partial charge in [0.15, 0.2) is 0 Å². The van der Waals surface area contributed by atoms with Gasteiger partial charge in [-0.15, -0.1) is 6.58 Å². The molecule has 14 heteroatoms. The van der Waals surface area contributed by atoms with Crippen LogP contribution in [0.3, 0.4) is 0 Å². The molecular formula is C24H35Cl3F2N4O5. The number of hydrogen-bond acceptors (Lipinski definition) is 6. The number of alkyl halides is 5. The summed E-state index contributed by atoms with van der Waals surface area (Å²) in [5, 5.41) is 6.49. The zero-order valence-electron chi connectivity index (χ0n) is 21.6. The van der Waals surface area contributed by atoms with Crippen LogP contribution in [0.1, 0.15) is 59.3 Å². The second-order valence-electron chi connectivity index (χ2n) is 10.2. The van der Waals surface area contributed by atoms with Crippen molar-refractivity contribution in [2.45, 2.75) is 87.1 Å². The maximum absolute atomic E-state index is 13.7. The molecule has 9 nitrogen and oxygen atoms in total. The fraction of sp³-hybridized carbons (Fsp3) is 0.750. The fourth-order valence-electron chi connectivity index (χ4n) is 4.37. The van der Waals surface area contributed by atoms with Gasteiger partial charge in [0, 0.05) is 19.4 Å². The Hall–Kier alpha value is -1.69. The first-order valence-corrected chi connectivity index (χ1v) is 13.6. The van der Waals surface area contributed by atoms with E-state index in [0.29, 0.717) is 12.8 Å². The minimum absolute atomic E-state index is 0.0808. The number of rotatable bonds is 9. The van der Waals surface area contributed by atoms with Crippen molar-refractivity contribution >= 4 is 58.5 Å². The third-order valence-corrected chi connectivity index (χ3v) is 7.12. The zero-order valence-corrected chi connectivity index (χ0v) is 23.9. The third-order valence-electron chi connectivity index (χ3n) is 6.80. The lowest BCUT2D eigenvalue weighted by Crippen LogP contribution is -2.61. The number of carbonyl (C=O) groups excluding carboxylic acids is 4. The monoisotopic (exact) mass is 602 g/mol. The van der Waals surface area contributed by atoms with Crippen molar-refractivity contribution in [3.05, 3.63) is 12.7 Å². The van der Waals surface area contributed by atoms with E-state index >= 15 is 0 Å². The van der Waals surface area contributed by atoms with Gasteiger partial charge in [-0.05, 0) is 38.5 Å². The number of ether oxygens (including phenoxy) is 1. The van der Waals surface area contributed by atoms with E-state index in [-0.39, 0.29) is 25.3 Å². The summed E-state index contributed by atoms with van der Waals surface area (Å²) in [5.41, 5.74) is 1.58. The molecule has 1 saturated heterocycles. The van der Waals surface area contributed by atoms with E-state index in [1.165, 1.54) is 18.0 Å². The van der Waals surface area contributed by atoms with E-state index in [4.69, 9.17) is 39.5 Å². The Labute approximate surface area is 236 Å². The first-order valence-electron chi connectivity index (χ1n) is 12.4. The van der Waals surface area contributed by atoms with Crippen LogP contribution in [0.5, 0.6) is 0 Å². The van der Waals surface area contributed by atoms with Crippen LogP contribution in [0.15, 0.2) is 12.7 Å². The van der Waals surface area contributed by atoms with Gasteiger partial charge in [0.05, 0.1) is 5.41 Å². The Kier molecular flexibility index (Phi) is 11.2. The van der Waals surface area contributed by atoms with Crippen molar-refractivity contribution in [3.63, 3.8) is 0 Å². The molecule has 2 fully saturated rings. The van der Waals surface area contributed by atoms with Gasteiger partial charge in [0.2, 0.25) is 21.5 Å². The minimum Gasteiger partial charge on any atom is -0.460 e. The molecule has 38 heavy (non-hydrogen) atoms. The number of carbonyl (C=O) groups is 4. The summed E-state index contributed by atoms with van der Waals surface area (Å²) < 4.78 is 30.6. The van der Waals surface area contributed by atoms with Crippen LogP contribution in [-0.2, 0) is 23.9 Å². The summed E-state index contributed by atoms with van der Waals surface area (Å²) in [5.74, 6) is -5.56. The van der Waals surface area contributed by atoms with Crippen molar-refractivity contribution in [1.82, 2.24) is 21.1 Å². The fourth-order valence-corrected chi connectivity index (χ4v) is 4.54. The molecule has 3 atom stereocenters. The van der Waals surface area contributed by atoms with E-state index in [9.17, 15) is 28.0 Å². The maximum Gasteiger partial charge on any atom is 0.325 e. The molecule has 0 aromatic carbocycles. The molecule has 3 amide bonds. The van der Waals surface area contributed by atoms with E-state index < -0.39 is 76.4 Å². The van der Waals surface area contributed by atoms with Crippen LogP contribution in [0, 0.1) is 11.3 Å². The maximum atomic E-state index is 13.7. The Morgan fingerprint density at radius 1 is 1.13 bits per heavy atom. The van der Waals surface area contributed by atoms with Crippen LogP contribution >= 0.6 is 34.8 Å². The highest BCUT2D eigenvalue weighted by molar-refractivity contribution is 6.67. The Morgan fingerprint density at radius 3 is 2.26 bits per heavy atom.